The molecule has 1 nitrogen and oxygen atoms in total. The van der Waals surface area contributed by atoms with Crippen molar-refractivity contribution in [2.24, 2.45) is 0 Å². The molecule has 2 heteroatoms. The van der Waals surface area contributed by atoms with Crippen molar-refractivity contribution in [2.45, 2.75) is 32.6 Å². The molecule has 1 aliphatic carbocycles. The minimum Gasteiger partial charge on any atom is -0.260 e. The zero-order chi connectivity index (χ0) is 10.3. The van der Waals surface area contributed by atoms with Gasteiger partial charge >= 0.3 is 0 Å². The number of pyridine rings is 1. The van der Waals surface area contributed by atoms with Crippen LogP contribution in [0.4, 0.5) is 0 Å². The summed E-state index contributed by atoms with van der Waals surface area (Å²) in [5.74, 6) is 0. The molecule has 1 aromatic heterocycles. The van der Waals surface area contributed by atoms with Gasteiger partial charge < -0.3 is 0 Å². The molecule has 0 unspecified atom stereocenters. The Kier molecular flexibility index (Phi) is 2.15. The van der Waals surface area contributed by atoms with E-state index in [0.717, 1.165) is 22.7 Å². The van der Waals surface area contributed by atoms with Crippen LogP contribution in [0.25, 0.3) is 5.03 Å². The van der Waals surface area contributed by atoms with Gasteiger partial charge in [-0.25, -0.2) is 0 Å². The van der Waals surface area contributed by atoms with Crippen LogP contribution in [-0.4, -0.2) is 4.98 Å². The van der Waals surface area contributed by atoms with Crippen molar-refractivity contribution >= 4 is 16.6 Å². The minimum absolute atomic E-state index is 0.141. The van der Waals surface area contributed by atoms with E-state index in [9.17, 15) is 0 Å². The number of hydrogen-bond acceptors (Lipinski definition) is 1. The Morgan fingerprint density at radius 1 is 1.36 bits per heavy atom. The maximum absolute atomic E-state index is 6.09. The van der Waals surface area contributed by atoms with E-state index < -0.39 is 0 Å². The molecular weight excluding hydrogens is 194 g/mol. The van der Waals surface area contributed by atoms with Crippen LogP contribution in [-0.2, 0) is 11.8 Å². The summed E-state index contributed by atoms with van der Waals surface area (Å²) in [6.07, 6.45) is 4.85. The Hall–Kier alpha value is -0.820. The Balaban J connectivity index is 2.50. The van der Waals surface area contributed by atoms with Gasteiger partial charge in [-0.05, 0) is 17.0 Å². The predicted molar refractivity (Wildman–Crippen MR) is 60.5 cm³/mol. The fourth-order valence-electron chi connectivity index (χ4n) is 1.57. The summed E-state index contributed by atoms with van der Waals surface area (Å²) < 4.78 is 0. The van der Waals surface area contributed by atoms with E-state index in [1.807, 2.05) is 12.3 Å². The van der Waals surface area contributed by atoms with E-state index in [2.05, 4.69) is 31.8 Å². The topological polar surface area (TPSA) is 12.9 Å². The van der Waals surface area contributed by atoms with Crippen molar-refractivity contribution in [1.82, 2.24) is 4.98 Å². The standard InChI is InChI=1S/C12H14ClN/c1-12(2,3)8-6-9-10(13)4-5-11(9)14-7-8/h4,6-7H,5H2,1-3H3. The number of halogens is 1. The summed E-state index contributed by atoms with van der Waals surface area (Å²) in [4.78, 5) is 4.44. The zero-order valence-electron chi connectivity index (χ0n) is 8.76. The van der Waals surface area contributed by atoms with Crippen LogP contribution >= 0.6 is 11.6 Å². The Labute approximate surface area is 89.8 Å². The number of rotatable bonds is 0. The molecule has 0 atom stereocenters. The van der Waals surface area contributed by atoms with Crippen molar-refractivity contribution in [3.05, 3.63) is 35.2 Å². The summed E-state index contributed by atoms with van der Waals surface area (Å²) in [6.45, 7) is 6.55. The lowest BCUT2D eigenvalue weighted by Gasteiger charge is -2.19. The van der Waals surface area contributed by atoms with E-state index in [4.69, 9.17) is 11.6 Å². The lowest BCUT2D eigenvalue weighted by atomic mass is 9.87. The molecular formula is C12H14ClN. The summed E-state index contributed by atoms with van der Waals surface area (Å²) >= 11 is 6.09. The first kappa shape index (κ1) is 9.72. The number of hydrogen-bond donors (Lipinski definition) is 0. The molecule has 0 fully saturated rings. The normalized spacial score (nSPS) is 15.3. The van der Waals surface area contributed by atoms with Gasteiger partial charge in [0.1, 0.15) is 0 Å². The molecule has 0 spiro atoms. The van der Waals surface area contributed by atoms with Crippen LogP contribution in [0.3, 0.4) is 0 Å². The van der Waals surface area contributed by atoms with E-state index in [1.165, 1.54) is 5.56 Å². The average molecular weight is 208 g/mol. The highest BCUT2D eigenvalue weighted by atomic mass is 35.5. The van der Waals surface area contributed by atoms with Gasteiger partial charge in [-0.3, -0.25) is 4.98 Å². The van der Waals surface area contributed by atoms with Gasteiger partial charge in [-0.2, -0.15) is 0 Å². The molecule has 2 rings (SSSR count). The van der Waals surface area contributed by atoms with Crippen molar-refractivity contribution in [2.75, 3.05) is 0 Å². The monoisotopic (exact) mass is 207 g/mol. The molecule has 0 bridgehead atoms. The van der Waals surface area contributed by atoms with Crippen molar-refractivity contribution in [3.63, 3.8) is 0 Å². The van der Waals surface area contributed by atoms with Crippen LogP contribution in [0.2, 0.25) is 0 Å². The highest BCUT2D eigenvalue weighted by Gasteiger charge is 2.19. The molecule has 0 aromatic carbocycles. The van der Waals surface area contributed by atoms with Gasteiger partial charge in [0, 0.05) is 23.2 Å². The molecule has 74 valence electrons. The van der Waals surface area contributed by atoms with E-state index in [-0.39, 0.29) is 5.41 Å². The maximum atomic E-state index is 6.09. The predicted octanol–water partition coefficient (Wildman–Crippen LogP) is 3.51. The maximum Gasteiger partial charge on any atom is 0.0529 e. The fraction of sp³-hybridized carbons (Fsp3) is 0.417. The van der Waals surface area contributed by atoms with Gasteiger partial charge in [0.25, 0.3) is 0 Å². The lowest BCUT2D eigenvalue weighted by Crippen LogP contribution is -2.12. The third-order valence-electron chi connectivity index (χ3n) is 2.57. The van der Waals surface area contributed by atoms with Gasteiger partial charge in [0.2, 0.25) is 0 Å². The quantitative estimate of drug-likeness (QED) is 0.635. The molecule has 0 radical (unpaired) electrons. The van der Waals surface area contributed by atoms with Gasteiger partial charge in [-0.15, -0.1) is 0 Å². The molecule has 1 heterocycles. The molecule has 1 aromatic rings. The number of nitrogens with zero attached hydrogens (tertiary/aromatic N) is 1. The summed E-state index contributed by atoms with van der Waals surface area (Å²) in [7, 11) is 0. The van der Waals surface area contributed by atoms with E-state index in [1.54, 1.807) is 0 Å². The fourth-order valence-corrected chi connectivity index (χ4v) is 1.81. The van der Waals surface area contributed by atoms with Gasteiger partial charge in [-0.1, -0.05) is 38.4 Å². The Bertz CT molecular complexity index is 399. The molecule has 1 aliphatic rings. The number of aromatic nitrogens is 1. The van der Waals surface area contributed by atoms with Crippen molar-refractivity contribution in [3.8, 4) is 0 Å². The average Bonchev–Trinajstić information content (AvgIpc) is 2.46. The lowest BCUT2D eigenvalue weighted by molar-refractivity contribution is 0.586. The first-order chi connectivity index (χ1) is 6.48. The van der Waals surface area contributed by atoms with E-state index >= 15 is 0 Å². The minimum atomic E-state index is 0.141. The van der Waals surface area contributed by atoms with E-state index in [0.29, 0.717) is 0 Å². The highest BCUT2D eigenvalue weighted by molar-refractivity contribution is 6.49. The molecule has 0 aliphatic heterocycles. The molecule has 0 N–H and O–H groups in total. The summed E-state index contributed by atoms with van der Waals surface area (Å²) in [5, 5.41) is 0.846. The Morgan fingerprint density at radius 3 is 2.71 bits per heavy atom. The van der Waals surface area contributed by atoms with Crippen LogP contribution in [0, 0.1) is 0 Å². The number of allylic oxidation sites excluding steroid dienone is 1. The molecule has 14 heavy (non-hydrogen) atoms. The SMILES string of the molecule is CC(C)(C)c1cnc2c(c1)C(Cl)=CC2. The Morgan fingerprint density at radius 2 is 2.07 bits per heavy atom. The van der Waals surface area contributed by atoms with Gasteiger partial charge in [0.15, 0.2) is 0 Å². The second-order valence-electron chi connectivity index (χ2n) is 4.72. The van der Waals surface area contributed by atoms with Crippen LogP contribution in [0.15, 0.2) is 18.3 Å². The second-order valence-corrected chi connectivity index (χ2v) is 5.13. The molecule has 0 saturated heterocycles. The zero-order valence-corrected chi connectivity index (χ0v) is 9.52. The third-order valence-corrected chi connectivity index (χ3v) is 2.93. The largest absolute Gasteiger partial charge is 0.260 e. The van der Waals surface area contributed by atoms with Crippen LogP contribution < -0.4 is 0 Å². The smallest absolute Gasteiger partial charge is 0.0529 e. The highest BCUT2D eigenvalue weighted by Crippen LogP contribution is 2.32. The van der Waals surface area contributed by atoms with Gasteiger partial charge in [0.05, 0.1) is 5.69 Å². The van der Waals surface area contributed by atoms with Crippen molar-refractivity contribution in [1.29, 1.82) is 0 Å². The first-order valence-corrected chi connectivity index (χ1v) is 5.22. The first-order valence-electron chi connectivity index (χ1n) is 4.84. The third kappa shape index (κ3) is 1.57. The van der Waals surface area contributed by atoms with Crippen molar-refractivity contribution < 1.29 is 0 Å². The molecule has 0 amide bonds. The summed E-state index contributed by atoms with van der Waals surface area (Å²) in [6, 6.07) is 2.16. The number of fused-ring (bicyclic) bond motifs is 1. The summed E-state index contributed by atoms with van der Waals surface area (Å²) in [5.41, 5.74) is 3.59. The molecule has 0 saturated carbocycles. The van der Waals surface area contributed by atoms with Crippen LogP contribution in [0.1, 0.15) is 37.6 Å². The second kappa shape index (κ2) is 3.09. The van der Waals surface area contributed by atoms with Crippen LogP contribution in [0.5, 0.6) is 0 Å².